The van der Waals surface area contributed by atoms with E-state index in [0.717, 1.165) is 11.1 Å². The van der Waals surface area contributed by atoms with Gasteiger partial charge >= 0.3 is 0 Å². The van der Waals surface area contributed by atoms with Crippen LogP contribution in [0.2, 0.25) is 0 Å². The molecule has 0 N–H and O–H groups in total. The quantitative estimate of drug-likeness (QED) is 0.738. The first kappa shape index (κ1) is 9.53. The number of hydrogen-bond acceptors (Lipinski definition) is 1. The Kier molecular flexibility index (Phi) is 2.73. The van der Waals surface area contributed by atoms with Crippen LogP contribution < -0.4 is 4.74 Å². The van der Waals surface area contributed by atoms with Gasteiger partial charge in [-0.15, -0.1) is 0 Å². The van der Waals surface area contributed by atoms with Crippen LogP contribution in [0.25, 0.3) is 10.8 Å². The first-order chi connectivity index (χ1) is 6.86. The molecule has 0 unspecified atom stereocenters. The molecule has 0 saturated carbocycles. The zero-order valence-electron chi connectivity index (χ0n) is 7.96. The molecule has 0 saturated heterocycles. The predicted molar refractivity (Wildman–Crippen MR) is 63.1 cm³/mol. The van der Waals surface area contributed by atoms with E-state index in [1.165, 1.54) is 16.3 Å². The Morgan fingerprint density at radius 2 is 1.86 bits per heavy atom. The van der Waals surface area contributed by atoms with Gasteiger partial charge in [-0.3, -0.25) is 0 Å². The van der Waals surface area contributed by atoms with Gasteiger partial charge in [0.25, 0.3) is 0 Å². The molecule has 0 bridgehead atoms. The molecule has 0 fully saturated rings. The van der Waals surface area contributed by atoms with E-state index in [1.807, 2.05) is 12.1 Å². The summed E-state index contributed by atoms with van der Waals surface area (Å²) in [7, 11) is 1.71. The van der Waals surface area contributed by atoms with Gasteiger partial charge in [-0.2, -0.15) is 0 Å². The van der Waals surface area contributed by atoms with Crippen molar-refractivity contribution < 1.29 is 4.74 Å². The van der Waals surface area contributed by atoms with Crippen LogP contribution in [0, 0.1) is 0 Å². The lowest BCUT2D eigenvalue weighted by Crippen LogP contribution is -1.88. The molecule has 14 heavy (non-hydrogen) atoms. The summed E-state index contributed by atoms with van der Waals surface area (Å²) in [5.41, 5.74) is 1.26. The van der Waals surface area contributed by atoms with Crippen molar-refractivity contribution in [2.75, 3.05) is 7.11 Å². The van der Waals surface area contributed by atoms with E-state index in [4.69, 9.17) is 4.74 Å². The van der Waals surface area contributed by atoms with Crippen LogP contribution in [0.4, 0.5) is 0 Å². The highest BCUT2D eigenvalue weighted by molar-refractivity contribution is 9.08. The summed E-state index contributed by atoms with van der Waals surface area (Å²) in [4.78, 5) is 0. The maximum Gasteiger partial charge on any atom is 0.126 e. The average molecular weight is 251 g/mol. The zero-order chi connectivity index (χ0) is 9.97. The van der Waals surface area contributed by atoms with E-state index in [9.17, 15) is 0 Å². The first-order valence-corrected chi connectivity index (χ1v) is 5.59. The highest BCUT2D eigenvalue weighted by Crippen LogP contribution is 2.29. The summed E-state index contributed by atoms with van der Waals surface area (Å²) in [6.07, 6.45) is 0. The van der Waals surface area contributed by atoms with Crippen LogP contribution in [-0.2, 0) is 5.33 Å². The number of methoxy groups -OCH3 is 1. The van der Waals surface area contributed by atoms with E-state index >= 15 is 0 Å². The van der Waals surface area contributed by atoms with Gasteiger partial charge in [-0.25, -0.2) is 0 Å². The number of benzene rings is 2. The summed E-state index contributed by atoms with van der Waals surface area (Å²) in [5, 5.41) is 3.28. The minimum absolute atomic E-state index is 0.852. The maximum absolute atomic E-state index is 5.35. The second kappa shape index (κ2) is 4.01. The summed E-state index contributed by atoms with van der Waals surface area (Å²) in [6, 6.07) is 12.4. The van der Waals surface area contributed by atoms with Gasteiger partial charge in [0.2, 0.25) is 0 Å². The van der Waals surface area contributed by atoms with E-state index < -0.39 is 0 Å². The number of ether oxygens (including phenoxy) is 1. The molecule has 0 amide bonds. The molecule has 0 spiro atoms. The summed E-state index contributed by atoms with van der Waals surface area (Å²) in [6.45, 7) is 0. The van der Waals surface area contributed by atoms with Gasteiger partial charge in [-0.05, 0) is 17.0 Å². The van der Waals surface area contributed by atoms with Crippen LogP contribution in [0.5, 0.6) is 5.75 Å². The Hall–Kier alpha value is -1.02. The Morgan fingerprint density at radius 1 is 1.14 bits per heavy atom. The molecular weight excluding hydrogens is 240 g/mol. The Labute approximate surface area is 91.8 Å². The lowest BCUT2D eigenvalue weighted by Gasteiger charge is -2.08. The molecule has 0 aliphatic carbocycles. The van der Waals surface area contributed by atoms with Crippen molar-refractivity contribution in [3.05, 3.63) is 42.0 Å². The number of hydrogen-bond donors (Lipinski definition) is 0. The van der Waals surface area contributed by atoms with Crippen molar-refractivity contribution in [1.29, 1.82) is 0 Å². The molecule has 0 radical (unpaired) electrons. The summed E-state index contributed by atoms with van der Waals surface area (Å²) in [5.74, 6) is 0.942. The fraction of sp³-hybridized carbons (Fsp3) is 0.167. The van der Waals surface area contributed by atoms with E-state index in [0.29, 0.717) is 0 Å². The third kappa shape index (κ3) is 1.50. The molecule has 0 aromatic heterocycles. The van der Waals surface area contributed by atoms with Crippen LogP contribution in [0.3, 0.4) is 0 Å². The Balaban J connectivity index is 2.81. The van der Waals surface area contributed by atoms with Gasteiger partial charge in [0.05, 0.1) is 7.11 Å². The molecule has 1 nitrogen and oxygen atoms in total. The second-order valence-corrected chi connectivity index (χ2v) is 3.67. The lowest BCUT2D eigenvalue weighted by atomic mass is 10.0. The molecule has 0 aliphatic heterocycles. The minimum Gasteiger partial charge on any atom is -0.496 e. The first-order valence-electron chi connectivity index (χ1n) is 4.47. The molecule has 0 atom stereocenters. The van der Waals surface area contributed by atoms with Gasteiger partial charge in [0.1, 0.15) is 5.75 Å². The summed E-state index contributed by atoms with van der Waals surface area (Å²) >= 11 is 3.49. The van der Waals surface area contributed by atoms with Crippen LogP contribution in [0.1, 0.15) is 5.56 Å². The normalized spacial score (nSPS) is 10.4. The topological polar surface area (TPSA) is 9.23 Å². The molecular formula is C12H11BrO. The third-order valence-electron chi connectivity index (χ3n) is 2.32. The standard InChI is InChI=1S/C12H11BrO/c1-14-11-7-3-5-9-4-2-6-10(8-13)12(9)11/h2-7H,8H2,1H3. The predicted octanol–water partition coefficient (Wildman–Crippen LogP) is 3.74. The molecule has 2 aromatic carbocycles. The monoisotopic (exact) mass is 250 g/mol. The Morgan fingerprint density at radius 3 is 2.50 bits per heavy atom. The van der Waals surface area contributed by atoms with Crippen molar-refractivity contribution >= 4 is 26.7 Å². The molecule has 0 heterocycles. The van der Waals surface area contributed by atoms with Gasteiger partial charge in [0, 0.05) is 10.7 Å². The Bertz CT molecular complexity index is 412. The highest BCUT2D eigenvalue weighted by Gasteiger charge is 2.04. The maximum atomic E-state index is 5.35. The summed E-state index contributed by atoms with van der Waals surface area (Å²) < 4.78 is 5.35. The van der Waals surface area contributed by atoms with Gasteiger partial charge in [0.15, 0.2) is 0 Å². The molecule has 2 aromatic rings. The number of halogens is 1. The number of fused-ring (bicyclic) bond motifs is 1. The van der Waals surface area contributed by atoms with Crippen molar-refractivity contribution in [3.8, 4) is 5.75 Å². The lowest BCUT2D eigenvalue weighted by molar-refractivity contribution is 0.419. The zero-order valence-corrected chi connectivity index (χ0v) is 9.54. The smallest absolute Gasteiger partial charge is 0.126 e. The number of alkyl halides is 1. The largest absolute Gasteiger partial charge is 0.496 e. The van der Waals surface area contributed by atoms with E-state index in [1.54, 1.807) is 7.11 Å². The van der Waals surface area contributed by atoms with Crippen molar-refractivity contribution in [3.63, 3.8) is 0 Å². The minimum atomic E-state index is 0.852. The third-order valence-corrected chi connectivity index (χ3v) is 2.92. The highest BCUT2D eigenvalue weighted by atomic mass is 79.9. The second-order valence-electron chi connectivity index (χ2n) is 3.11. The van der Waals surface area contributed by atoms with Crippen molar-refractivity contribution in [1.82, 2.24) is 0 Å². The van der Waals surface area contributed by atoms with Crippen LogP contribution >= 0.6 is 15.9 Å². The molecule has 2 rings (SSSR count). The molecule has 2 heteroatoms. The van der Waals surface area contributed by atoms with E-state index in [2.05, 4.69) is 40.2 Å². The number of rotatable bonds is 2. The molecule has 72 valence electrons. The molecule has 0 aliphatic rings. The van der Waals surface area contributed by atoms with Crippen molar-refractivity contribution in [2.45, 2.75) is 5.33 Å². The average Bonchev–Trinajstić information content (AvgIpc) is 2.27. The van der Waals surface area contributed by atoms with Gasteiger partial charge < -0.3 is 4.74 Å². The fourth-order valence-electron chi connectivity index (χ4n) is 1.66. The SMILES string of the molecule is COc1cccc2cccc(CBr)c12. The van der Waals surface area contributed by atoms with Crippen LogP contribution in [0.15, 0.2) is 36.4 Å². The van der Waals surface area contributed by atoms with Crippen molar-refractivity contribution in [2.24, 2.45) is 0 Å². The van der Waals surface area contributed by atoms with E-state index in [-0.39, 0.29) is 0 Å². The van der Waals surface area contributed by atoms with Crippen LogP contribution in [-0.4, -0.2) is 7.11 Å². The van der Waals surface area contributed by atoms with Gasteiger partial charge in [-0.1, -0.05) is 46.3 Å². The fourth-order valence-corrected chi connectivity index (χ4v) is 2.13.